The first-order valence-electron chi connectivity index (χ1n) is 5.78. The standard InChI is InChI=1S/C10H15ClN8O2.2ClH.H2O/c1-4(2)16-8-6(11)17-5(7(12)18-8)9(20)14-3-15-19-10(13)21;;;/h3-4H,1-2H3,(H3,12,16,18)(H3,13,19,21)(H,14,15,20);2*1H;1H2. The number of hydrogen-bond donors (Lipinski definition) is 5. The van der Waals surface area contributed by atoms with Crippen molar-refractivity contribution in [1.82, 2.24) is 20.7 Å². The van der Waals surface area contributed by atoms with Gasteiger partial charge in [-0.05, 0) is 13.8 Å². The molecule has 9 N–H and O–H groups in total. The molecule has 14 heteroatoms. The molecule has 0 fully saturated rings. The number of nitrogens with two attached hydrogens (primary N) is 2. The number of carbonyl (C=O) groups excluding carboxylic acids is 2. The lowest BCUT2D eigenvalue weighted by molar-refractivity contribution is 0.0974. The number of aromatic nitrogens is 2. The maximum atomic E-state index is 11.8. The second kappa shape index (κ2) is 12.4. The summed E-state index contributed by atoms with van der Waals surface area (Å²) in [7, 11) is 0. The van der Waals surface area contributed by atoms with E-state index in [1.54, 1.807) is 0 Å². The highest BCUT2D eigenvalue weighted by molar-refractivity contribution is 6.32. The van der Waals surface area contributed by atoms with E-state index in [2.05, 4.69) is 25.7 Å². The minimum atomic E-state index is -0.869. The van der Waals surface area contributed by atoms with E-state index in [1.165, 1.54) is 0 Å². The van der Waals surface area contributed by atoms with E-state index >= 15 is 0 Å². The van der Waals surface area contributed by atoms with E-state index in [1.807, 2.05) is 19.3 Å². The molecule has 11 nitrogen and oxygen atoms in total. The highest BCUT2D eigenvalue weighted by Crippen LogP contribution is 2.20. The van der Waals surface area contributed by atoms with E-state index in [0.717, 1.165) is 6.34 Å². The zero-order valence-electron chi connectivity index (χ0n) is 12.7. The number of nitrogens with zero attached hydrogens (tertiary/aromatic N) is 3. The molecule has 0 unspecified atom stereocenters. The van der Waals surface area contributed by atoms with Gasteiger partial charge in [-0.2, -0.15) is 5.10 Å². The van der Waals surface area contributed by atoms with Crippen LogP contribution in [0.1, 0.15) is 24.3 Å². The van der Waals surface area contributed by atoms with Gasteiger partial charge < -0.3 is 27.6 Å². The maximum absolute atomic E-state index is 11.8. The number of rotatable bonds is 5. The monoisotopic (exact) mass is 404 g/mol. The molecule has 3 amide bonds. The first-order valence-corrected chi connectivity index (χ1v) is 6.16. The number of nitrogens with one attached hydrogen (secondary N) is 3. The molecule has 0 saturated heterocycles. The Morgan fingerprint density at radius 2 is 1.88 bits per heavy atom. The molecule has 1 rings (SSSR count). The van der Waals surface area contributed by atoms with E-state index in [0.29, 0.717) is 0 Å². The topological polar surface area (TPSA) is 192 Å². The third kappa shape index (κ3) is 8.53. The molecule has 0 aliphatic rings. The second-order valence-corrected chi connectivity index (χ2v) is 4.46. The molecule has 1 aromatic heterocycles. The zero-order valence-corrected chi connectivity index (χ0v) is 15.1. The summed E-state index contributed by atoms with van der Waals surface area (Å²) in [4.78, 5) is 30.0. The van der Waals surface area contributed by atoms with Crippen LogP contribution in [0.25, 0.3) is 0 Å². The van der Waals surface area contributed by atoms with Crippen molar-refractivity contribution in [3.8, 4) is 0 Å². The van der Waals surface area contributed by atoms with Crippen LogP contribution in [0, 0.1) is 0 Å². The molecule has 0 bridgehead atoms. The van der Waals surface area contributed by atoms with Gasteiger partial charge in [0.05, 0.1) is 0 Å². The number of carbonyl (C=O) groups is 2. The fraction of sp³-hybridized carbons (Fsp3) is 0.300. The molecule has 0 radical (unpaired) electrons. The average molecular weight is 406 g/mol. The van der Waals surface area contributed by atoms with Crippen molar-refractivity contribution in [1.29, 1.82) is 0 Å². The summed E-state index contributed by atoms with van der Waals surface area (Å²) >= 11 is 5.91. The third-order valence-corrected chi connectivity index (χ3v) is 2.22. The van der Waals surface area contributed by atoms with Gasteiger partial charge in [0, 0.05) is 6.04 Å². The normalized spacial score (nSPS) is 9.33. The highest BCUT2D eigenvalue weighted by atomic mass is 35.5. The second-order valence-electron chi connectivity index (χ2n) is 4.10. The lowest BCUT2D eigenvalue weighted by Crippen LogP contribution is -2.29. The Morgan fingerprint density at radius 3 is 2.38 bits per heavy atom. The van der Waals surface area contributed by atoms with E-state index in [4.69, 9.17) is 23.1 Å². The van der Waals surface area contributed by atoms with Crippen LogP contribution < -0.4 is 27.5 Å². The fourth-order valence-corrected chi connectivity index (χ4v) is 1.40. The van der Waals surface area contributed by atoms with Crippen molar-refractivity contribution in [3.63, 3.8) is 0 Å². The SMILES string of the molecule is CC(C)Nc1nc(N)c(C(=O)NC=NNC(N)=O)nc1Cl.Cl.Cl.O. The number of hydrogen-bond acceptors (Lipinski definition) is 7. The van der Waals surface area contributed by atoms with Gasteiger partial charge in [-0.1, -0.05) is 11.6 Å². The summed E-state index contributed by atoms with van der Waals surface area (Å²) in [6.45, 7) is 3.77. The van der Waals surface area contributed by atoms with Crippen molar-refractivity contribution in [2.45, 2.75) is 19.9 Å². The van der Waals surface area contributed by atoms with Crippen LogP contribution in [0.2, 0.25) is 5.15 Å². The molecule has 0 saturated carbocycles. The minimum Gasteiger partial charge on any atom is -0.412 e. The van der Waals surface area contributed by atoms with Crippen LogP contribution in [0.3, 0.4) is 0 Å². The van der Waals surface area contributed by atoms with Crippen molar-refractivity contribution >= 4 is 66.3 Å². The van der Waals surface area contributed by atoms with Gasteiger partial charge in [0.25, 0.3) is 5.91 Å². The molecule has 24 heavy (non-hydrogen) atoms. The Labute approximate surface area is 155 Å². The number of anilines is 2. The average Bonchev–Trinajstić information content (AvgIpc) is 2.37. The predicted molar refractivity (Wildman–Crippen MR) is 97.0 cm³/mol. The minimum absolute atomic E-state index is 0. The molecule has 0 aliphatic carbocycles. The van der Waals surface area contributed by atoms with Crippen molar-refractivity contribution in [2.24, 2.45) is 10.8 Å². The molecule has 1 heterocycles. The largest absolute Gasteiger partial charge is 0.412 e. The van der Waals surface area contributed by atoms with Crippen LogP contribution in [-0.4, -0.2) is 39.8 Å². The maximum Gasteiger partial charge on any atom is 0.332 e. The summed E-state index contributed by atoms with van der Waals surface area (Å²) in [5.41, 5.74) is 12.2. The van der Waals surface area contributed by atoms with Crippen LogP contribution in [0.5, 0.6) is 0 Å². The van der Waals surface area contributed by atoms with Gasteiger partial charge in [-0.15, -0.1) is 24.8 Å². The van der Waals surface area contributed by atoms with Gasteiger partial charge in [-0.25, -0.2) is 20.2 Å². The number of urea groups is 1. The van der Waals surface area contributed by atoms with Crippen LogP contribution in [0.4, 0.5) is 16.4 Å². The van der Waals surface area contributed by atoms with Crippen LogP contribution in [0.15, 0.2) is 5.10 Å². The van der Waals surface area contributed by atoms with E-state index < -0.39 is 11.9 Å². The number of primary amides is 1. The summed E-state index contributed by atoms with van der Waals surface area (Å²) in [6.07, 6.45) is 0.919. The van der Waals surface area contributed by atoms with Crippen molar-refractivity contribution in [2.75, 3.05) is 11.1 Å². The molecule has 138 valence electrons. The summed E-state index contributed by atoms with van der Waals surface area (Å²) in [5, 5.41) is 8.50. The van der Waals surface area contributed by atoms with Crippen molar-refractivity contribution in [3.05, 3.63) is 10.8 Å². The summed E-state index contributed by atoms with van der Waals surface area (Å²) in [5.74, 6) is -0.505. The molecular weight excluding hydrogens is 387 g/mol. The zero-order chi connectivity index (χ0) is 16.0. The lowest BCUT2D eigenvalue weighted by atomic mass is 10.3. The van der Waals surface area contributed by atoms with Gasteiger partial charge >= 0.3 is 6.03 Å². The van der Waals surface area contributed by atoms with Gasteiger partial charge in [0.1, 0.15) is 6.34 Å². The Hall–Kier alpha value is -2.08. The predicted octanol–water partition coefficient (Wildman–Crippen LogP) is -0.107. The molecule has 1 aromatic rings. The third-order valence-electron chi connectivity index (χ3n) is 1.96. The number of amides is 3. The lowest BCUT2D eigenvalue weighted by Gasteiger charge is -2.12. The van der Waals surface area contributed by atoms with Gasteiger partial charge in [0.2, 0.25) is 0 Å². The first kappa shape index (κ1) is 26.8. The van der Waals surface area contributed by atoms with Crippen LogP contribution in [-0.2, 0) is 0 Å². The fourth-order valence-electron chi connectivity index (χ4n) is 1.22. The number of nitrogen functional groups attached to an aromatic ring is 1. The van der Waals surface area contributed by atoms with Crippen LogP contribution >= 0.6 is 36.4 Å². The van der Waals surface area contributed by atoms with Crippen molar-refractivity contribution < 1.29 is 15.1 Å². The number of hydrazone groups is 1. The summed E-state index contributed by atoms with van der Waals surface area (Å²) in [6, 6.07) is -0.796. The first-order chi connectivity index (χ1) is 9.81. The summed E-state index contributed by atoms with van der Waals surface area (Å²) < 4.78 is 0. The molecule has 0 aromatic carbocycles. The van der Waals surface area contributed by atoms with E-state index in [-0.39, 0.29) is 58.8 Å². The van der Waals surface area contributed by atoms with E-state index in [9.17, 15) is 9.59 Å². The molecule has 0 spiro atoms. The van der Waals surface area contributed by atoms with Gasteiger partial charge in [0.15, 0.2) is 22.5 Å². The highest BCUT2D eigenvalue weighted by Gasteiger charge is 2.16. The Balaban J connectivity index is -0.00000147. The molecular formula is C10H19Cl3N8O3. The molecule has 0 aliphatic heterocycles. The number of halogens is 3. The Bertz CT molecular complexity index is 585. The Morgan fingerprint density at radius 1 is 1.29 bits per heavy atom. The smallest absolute Gasteiger partial charge is 0.332 e. The van der Waals surface area contributed by atoms with Gasteiger partial charge in [-0.3, -0.25) is 4.79 Å². The Kier molecular flexibility index (Phi) is 13.8. The molecule has 0 atom stereocenters. The quantitative estimate of drug-likeness (QED) is 0.257.